The van der Waals surface area contributed by atoms with Gasteiger partial charge in [-0.1, -0.05) is 36.4 Å². The van der Waals surface area contributed by atoms with Crippen LogP contribution in [0.1, 0.15) is 31.0 Å². The van der Waals surface area contributed by atoms with Gasteiger partial charge in [-0.15, -0.1) is 0 Å². The van der Waals surface area contributed by atoms with Crippen molar-refractivity contribution in [1.82, 2.24) is 15.2 Å². The molecule has 24 heavy (non-hydrogen) atoms. The zero-order chi connectivity index (χ0) is 17.4. The van der Waals surface area contributed by atoms with E-state index in [0.717, 1.165) is 11.1 Å². The van der Waals surface area contributed by atoms with Crippen LogP contribution in [0, 0.1) is 0 Å². The highest BCUT2D eigenvalue weighted by Gasteiger charge is 2.22. The minimum Gasteiger partial charge on any atom is -0.395 e. The third-order valence-corrected chi connectivity index (χ3v) is 4.08. The first-order valence-electron chi connectivity index (χ1n) is 8.21. The predicted molar refractivity (Wildman–Crippen MR) is 94.2 cm³/mol. The van der Waals surface area contributed by atoms with Crippen LogP contribution in [0.3, 0.4) is 0 Å². The largest absolute Gasteiger partial charge is 0.395 e. The van der Waals surface area contributed by atoms with Gasteiger partial charge in [0.2, 0.25) is 5.91 Å². The normalized spacial score (nSPS) is 13.5. The molecule has 1 aromatic heterocycles. The SMILES string of the molecule is CC(NC(=O)C(C)N(CCO)Cc1cccnc1)c1ccccc1. The third-order valence-electron chi connectivity index (χ3n) is 4.08. The number of nitrogens with zero attached hydrogens (tertiary/aromatic N) is 2. The molecule has 0 saturated heterocycles. The molecule has 1 amide bonds. The Kier molecular flexibility index (Phi) is 6.90. The van der Waals surface area contributed by atoms with Gasteiger partial charge in [-0.3, -0.25) is 14.7 Å². The van der Waals surface area contributed by atoms with Gasteiger partial charge >= 0.3 is 0 Å². The van der Waals surface area contributed by atoms with E-state index in [-0.39, 0.29) is 24.6 Å². The molecule has 5 nitrogen and oxygen atoms in total. The number of aromatic nitrogens is 1. The molecule has 2 unspecified atom stereocenters. The quantitative estimate of drug-likeness (QED) is 0.780. The number of rotatable bonds is 8. The molecule has 0 fully saturated rings. The number of carbonyl (C=O) groups is 1. The number of aliphatic hydroxyl groups excluding tert-OH is 1. The average Bonchev–Trinajstić information content (AvgIpc) is 2.62. The molecule has 5 heteroatoms. The molecule has 1 heterocycles. The van der Waals surface area contributed by atoms with Crippen LogP contribution in [0.4, 0.5) is 0 Å². The standard InChI is InChI=1S/C19H25N3O2/c1-15(18-8-4-3-5-9-18)21-19(24)16(2)22(11-12-23)14-17-7-6-10-20-13-17/h3-10,13,15-16,23H,11-12,14H2,1-2H3,(H,21,24). The highest BCUT2D eigenvalue weighted by atomic mass is 16.3. The maximum absolute atomic E-state index is 12.6. The number of amides is 1. The van der Waals surface area contributed by atoms with E-state index < -0.39 is 0 Å². The fraction of sp³-hybridized carbons (Fsp3) is 0.368. The summed E-state index contributed by atoms with van der Waals surface area (Å²) in [6.45, 7) is 4.84. The summed E-state index contributed by atoms with van der Waals surface area (Å²) < 4.78 is 0. The number of aliphatic hydroxyl groups is 1. The second-order valence-corrected chi connectivity index (χ2v) is 5.87. The van der Waals surface area contributed by atoms with Gasteiger partial charge in [-0.2, -0.15) is 0 Å². The number of benzene rings is 1. The summed E-state index contributed by atoms with van der Waals surface area (Å²) in [7, 11) is 0. The van der Waals surface area contributed by atoms with E-state index in [9.17, 15) is 9.90 Å². The van der Waals surface area contributed by atoms with Gasteiger partial charge < -0.3 is 10.4 Å². The lowest BCUT2D eigenvalue weighted by atomic mass is 10.1. The summed E-state index contributed by atoms with van der Waals surface area (Å²) >= 11 is 0. The van der Waals surface area contributed by atoms with Crippen LogP contribution in [0.15, 0.2) is 54.9 Å². The Balaban J connectivity index is 2.00. The Hall–Kier alpha value is -2.24. The van der Waals surface area contributed by atoms with E-state index in [2.05, 4.69) is 10.3 Å². The highest BCUT2D eigenvalue weighted by molar-refractivity contribution is 5.81. The lowest BCUT2D eigenvalue weighted by Gasteiger charge is -2.28. The van der Waals surface area contributed by atoms with Crippen molar-refractivity contribution < 1.29 is 9.90 Å². The van der Waals surface area contributed by atoms with Crippen LogP contribution < -0.4 is 5.32 Å². The van der Waals surface area contributed by atoms with Crippen LogP contribution in [-0.2, 0) is 11.3 Å². The first-order chi connectivity index (χ1) is 11.6. The topological polar surface area (TPSA) is 65.5 Å². The molecular formula is C19H25N3O2. The van der Waals surface area contributed by atoms with Crippen LogP contribution in [0.2, 0.25) is 0 Å². The molecule has 2 N–H and O–H groups in total. The Morgan fingerprint density at radius 2 is 1.96 bits per heavy atom. The van der Waals surface area contributed by atoms with Gasteiger partial charge in [0.25, 0.3) is 0 Å². The summed E-state index contributed by atoms with van der Waals surface area (Å²) in [5.41, 5.74) is 2.08. The monoisotopic (exact) mass is 327 g/mol. The molecule has 2 aromatic rings. The van der Waals surface area contributed by atoms with E-state index in [1.165, 1.54) is 0 Å². The third kappa shape index (κ3) is 5.15. The first kappa shape index (κ1) is 18.1. The Morgan fingerprint density at radius 3 is 2.58 bits per heavy atom. The Morgan fingerprint density at radius 1 is 1.21 bits per heavy atom. The van der Waals surface area contributed by atoms with Gasteiger partial charge in [0.15, 0.2) is 0 Å². The van der Waals surface area contributed by atoms with E-state index in [4.69, 9.17) is 0 Å². The molecule has 0 bridgehead atoms. The minimum atomic E-state index is -0.344. The molecule has 2 atom stereocenters. The van der Waals surface area contributed by atoms with Gasteiger partial charge in [-0.25, -0.2) is 0 Å². The van der Waals surface area contributed by atoms with Crippen molar-refractivity contribution in [2.45, 2.75) is 32.5 Å². The molecule has 0 aliphatic carbocycles. The smallest absolute Gasteiger partial charge is 0.237 e. The lowest BCUT2D eigenvalue weighted by molar-refractivity contribution is -0.127. The summed E-state index contributed by atoms with van der Waals surface area (Å²) in [6.07, 6.45) is 3.50. The molecule has 0 radical (unpaired) electrons. The highest BCUT2D eigenvalue weighted by Crippen LogP contribution is 2.13. The fourth-order valence-electron chi connectivity index (χ4n) is 2.59. The van der Waals surface area contributed by atoms with Crippen molar-refractivity contribution >= 4 is 5.91 Å². The summed E-state index contributed by atoms with van der Waals surface area (Å²) in [4.78, 5) is 18.6. The molecule has 0 spiro atoms. The van der Waals surface area contributed by atoms with E-state index >= 15 is 0 Å². The van der Waals surface area contributed by atoms with Gasteiger partial charge in [0.05, 0.1) is 18.7 Å². The summed E-state index contributed by atoms with van der Waals surface area (Å²) in [6, 6.07) is 13.3. The van der Waals surface area contributed by atoms with Gasteiger partial charge in [-0.05, 0) is 31.0 Å². The predicted octanol–water partition coefficient (Wildman–Crippen LogP) is 2.14. The molecule has 0 saturated carbocycles. The second-order valence-electron chi connectivity index (χ2n) is 5.87. The van der Waals surface area contributed by atoms with Crippen molar-refractivity contribution in [2.75, 3.05) is 13.2 Å². The van der Waals surface area contributed by atoms with Gasteiger partial charge in [0, 0.05) is 25.5 Å². The summed E-state index contributed by atoms with van der Waals surface area (Å²) in [5.74, 6) is -0.0521. The average molecular weight is 327 g/mol. The Labute approximate surface area is 143 Å². The van der Waals surface area contributed by atoms with Crippen LogP contribution in [0.5, 0.6) is 0 Å². The first-order valence-corrected chi connectivity index (χ1v) is 8.21. The second kappa shape index (κ2) is 9.15. The van der Waals surface area contributed by atoms with Crippen LogP contribution in [-0.4, -0.2) is 40.1 Å². The molecule has 128 valence electrons. The maximum Gasteiger partial charge on any atom is 0.237 e. The minimum absolute atomic E-state index is 0.00607. The zero-order valence-corrected chi connectivity index (χ0v) is 14.2. The Bertz CT molecular complexity index is 619. The molecule has 0 aliphatic rings. The molecular weight excluding hydrogens is 302 g/mol. The van der Waals surface area contributed by atoms with Crippen molar-refractivity contribution in [2.24, 2.45) is 0 Å². The number of pyridine rings is 1. The van der Waals surface area contributed by atoms with Crippen molar-refractivity contribution in [3.05, 3.63) is 66.0 Å². The van der Waals surface area contributed by atoms with E-state index in [0.29, 0.717) is 13.1 Å². The molecule has 1 aromatic carbocycles. The van der Waals surface area contributed by atoms with Gasteiger partial charge in [0.1, 0.15) is 0 Å². The van der Waals surface area contributed by atoms with Crippen molar-refractivity contribution in [3.63, 3.8) is 0 Å². The lowest BCUT2D eigenvalue weighted by Crippen LogP contribution is -2.46. The van der Waals surface area contributed by atoms with Crippen molar-refractivity contribution in [3.8, 4) is 0 Å². The molecule has 0 aliphatic heterocycles. The number of hydrogen-bond donors (Lipinski definition) is 2. The fourth-order valence-corrected chi connectivity index (χ4v) is 2.59. The number of hydrogen-bond acceptors (Lipinski definition) is 4. The summed E-state index contributed by atoms with van der Waals surface area (Å²) in [5, 5.41) is 12.4. The van der Waals surface area contributed by atoms with E-state index in [1.54, 1.807) is 12.4 Å². The molecule has 2 rings (SSSR count). The van der Waals surface area contributed by atoms with E-state index in [1.807, 2.05) is 61.2 Å². The zero-order valence-electron chi connectivity index (χ0n) is 14.2. The number of carbonyl (C=O) groups excluding carboxylic acids is 1. The van der Waals surface area contributed by atoms with Crippen LogP contribution in [0.25, 0.3) is 0 Å². The number of nitrogens with one attached hydrogen (secondary N) is 1. The maximum atomic E-state index is 12.6. The van der Waals surface area contributed by atoms with Crippen molar-refractivity contribution in [1.29, 1.82) is 0 Å². The van der Waals surface area contributed by atoms with Crippen LogP contribution >= 0.6 is 0 Å².